The molecule has 1 fully saturated rings. The minimum Gasteiger partial charge on any atom is -0.229 e. The minimum absolute atomic E-state index is 0.0641. The van der Waals surface area contributed by atoms with Gasteiger partial charge in [0.25, 0.3) is 10.0 Å². The van der Waals surface area contributed by atoms with Crippen molar-refractivity contribution in [3.05, 3.63) is 30.1 Å². The molecule has 0 spiro atoms. The first-order chi connectivity index (χ1) is 10.1. The van der Waals surface area contributed by atoms with Gasteiger partial charge in [-0.05, 0) is 44.5 Å². The lowest BCUT2D eigenvalue weighted by Crippen LogP contribution is -2.37. The fourth-order valence-electron chi connectivity index (χ4n) is 2.19. The van der Waals surface area contributed by atoms with Crippen molar-refractivity contribution in [2.75, 3.05) is 11.5 Å². The Hall–Kier alpha value is -1.48. The summed E-state index contributed by atoms with van der Waals surface area (Å²) in [6.07, 6.45) is 0.194. The lowest BCUT2D eigenvalue weighted by Gasteiger charge is -2.25. The van der Waals surface area contributed by atoms with E-state index in [0.29, 0.717) is 5.71 Å². The average Bonchev–Trinajstić information content (AvgIpc) is 2.76. The molecule has 0 aliphatic carbocycles. The van der Waals surface area contributed by atoms with Gasteiger partial charge in [-0.2, -0.15) is 17.9 Å². The topological polar surface area (TPSA) is 83.9 Å². The van der Waals surface area contributed by atoms with E-state index in [0.717, 1.165) is 28.7 Å². The van der Waals surface area contributed by atoms with Gasteiger partial charge in [0.1, 0.15) is 5.82 Å². The Morgan fingerprint density at radius 3 is 2.32 bits per heavy atom. The van der Waals surface area contributed by atoms with Gasteiger partial charge < -0.3 is 0 Å². The number of nitrogens with zero attached hydrogens (tertiary/aromatic N) is 2. The number of benzene rings is 1. The molecule has 0 N–H and O–H groups in total. The largest absolute Gasteiger partial charge is 0.279 e. The fraction of sp³-hybridized carbons (Fsp3) is 0.462. The van der Waals surface area contributed by atoms with E-state index in [4.69, 9.17) is 0 Å². The molecule has 0 amide bonds. The van der Waals surface area contributed by atoms with E-state index in [1.807, 2.05) is 0 Å². The molecule has 0 radical (unpaired) electrons. The van der Waals surface area contributed by atoms with E-state index in [1.54, 1.807) is 13.8 Å². The van der Waals surface area contributed by atoms with E-state index in [1.165, 1.54) is 0 Å². The quantitative estimate of drug-likeness (QED) is 0.608. The number of hydrogen-bond donors (Lipinski definition) is 0. The average molecular weight is 348 g/mol. The van der Waals surface area contributed by atoms with Crippen LogP contribution >= 0.6 is 0 Å². The molecular weight excluding hydrogens is 331 g/mol. The highest BCUT2D eigenvalue weighted by atomic mass is 32.2. The van der Waals surface area contributed by atoms with Crippen LogP contribution in [-0.2, 0) is 19.9 Å². The summed E-state index contributed by atoms with van der Waals surface area (Å²) in [5, 5.41) is 4.00. The van der Waals surface area contributed by atoms with Gasteiger partial charge in [-0.1, -0.05) is 0 Å². The molecule has 1 aliphatic rings. The van der Waals surface area contributed by atoms with Crippen molar-refractivity contribution in [3.8, 4) is 0 Å². The van der Waals surface area contributed by atoms with E-state index >= 15 is 0 Å². The van der Waals surface area contributed by atoms with E-state index < -0.39 is 31.7 Å². The summed E-state index contributed by atoms with van der Waals surface area (Å²) in [5.41, 5.74) is 0.481. The van der Waals surface area contributed by atoms with Crippen molar-refractivity contribution in [1.29, 1.82) is 0 Å². The third-order valence-corrected chi connectivity index (χ3v) is 6.67. The summed E-state index contributed by atoms with van der Waals surface area (Å²) in [6.45, 7) is 3.24. The molecule has 1 aromatic carbocycles. The number of rotatable bonds is 4. The Bertz CT molecular complexity index is 782. The predicted molar refractivity (Wildman–Crippen MR) is 81.3 cm³/mol. The van der Waals surface area contributed by atoms with Crippen LogP contribution in [0.4, 0.5) is 4.39 Å². The smallest absolute Gasteiger partial charge is 0.229 e. The minimum atomic E-state index is -4.03. The van der Waals surface area contributed by atoms with Gasteiger partial charge in [0, 0.05) is 5.71 Å². The van der Waals surface area contributed by atoms with Crippen molar-refractivity contribution in [2.24, 2.45) is 5.10 Å². The van der Waals surface area contributed by atoms with Gasteiger partial charge in [-0.15, -0.1) is 0 Å². The molecule has 1 heterocycles. The molecule has 122 valence electrons. The number of halogens is 1. The molecule has 0 unspecified atom stereocenters. The monoisotopic (exact) mass is 348 g/mol. The Morgan fingerprint density at radius 2 is 1.86 bits per heavy atom. The van der Waals surface area contributed by atoms with Gasteiger partial charge in [0.15, 0.2) is 9.84 Å². The Kier molecular flexibility index (Phi) is 4.57. The van der Waals surface area contributed by atoms with Crippen molar-refractivity contribution in [1.82, 2.24) is 4.41 Å². The maximum Gasteiger partial charge on any atom is 0.279 e. The maximum atomic E-state index is 13.0. The SMILES string of the molecule is CC(C)=NN([C@H]1CCS(=O)(=O)C1)S(=O)(=O)c1ccc(F)cc1. The predicted octanol–water partition coefficient (Wildman–Crippen LogP) is 1.40. The molecule has 0 saturated carbocycles. The zero-order valence-corrected chi connectivity index (χ0v) is 13.9. The van der Waals surface area contributed by atoms with Gasteiger partial charge >= 0.3 is 0 Å². The standard InChI is InChI=1S/C13H17FN2O4S2/c1-10(2)15-16(12-7-8-21(17,18)9-12)22(19,20)13-5-3-11(14)4-6-13/h3-6,12H,7-9H2,1-2H3/t12-/m0/s1. The normalized spacial score (nSPS) is 20.6. The van der Waals surface area contributed by atoms with Crippen LogP contribution in [0.3, 0.4) is 0 Å². The van der Waals surface area contributed by atoms with Crippen LogP contribution in [0.2, 0.25) is 0 Å². The summed E-state index contributed by atoms with van der Waals surface area (Å²) >= 11 is 0. The maximum absolute atomic E-state index is 13.0. The van der Waals surface area contributed by atoms with Crippen LogP contribution in [0.25, 0.3) is 0 Å². The molecule has 2 rings (SSSR count). The Labute approximate surface area is 129 Å². The summed E-state index contributed by atoms with van der Waals surface area (Å²) in [6, 6.07) is 3.62. The highest BCUT2D eigenvalue weighted by molar-refractivity contribution is 7.92. The van der Waals surface area contributed by atoms with Gasteiger partial charge in [-0.25, -0.2) is 12.8 Å². The first-order valence-corrected chi connectivity index (χ1v) is 9.90. The third kappa shape index (κ3) is 3.64. The second-order valence-electron chi connectivity index (χ2n) is 5.34. The summed E-state index contributed by atoms with van der Waals surface area (Å²) < 4.78 is 62.4. The van der Waals surface area contributed by atoms with Crippen molar-refractivity contribution in [2.45, 2.75) is 31.2 Å². The lowest BCUT2D eigenvalue weighted by molar-refractivity contribution is 0.355. The Morgan fingerprint density at radius 1 is 1.27 bits per heavy atom. The molecule has 1 saturated heterocycles. The zero-order valence-electron chi connectivity index (χ0n) is 12.2. The van der Waals surface area contributed by atoms with Crippen LogP contribution < -0.4 is 0 Å². The van der Waals surface area contributed by atoms with Crippen LogP contribution in [0.5, 0.6) is 0 Å². The van der Waals surface area contributed by atoms with Crippen LogP contribution in [-0.4, -0.2) is 44.5 Å². The molecule has 6 nitrogen and oxygen atoms in total. The van der Waals surface area contributed by atoms with Crippen molar-refractivity contribution < 1.29 is 21.2 Å². The first kappa shape index (κ1) is 16.9. The Balaban J connectivity index is 2.45. The highest BCUT2D eigenvalue weighted by Crippen LogP contribution is 2.25. The zero-order chi connectivity index (χ0) is 16.5. The second-order valence-corrected chi connectivity index (χ2v) is 9.36. The van der Waals surface area contributed by atoms with Gasteiger partial charge in [0.2, 0.25) is 0 Å². The molecule has 1 aliphatic heterocycles. The summed E-state index contributed by atoms with van der Waals surface area (Å²) in [5.74, 6) is -0.876. The van der Waals surface area contributed by atoms with Crippen molar-refractivity contribution in [3.63, 3.8) is 0 Å². The van der Waals surface area contributed by atoms with Crippen LogP contribution in [0.1, 0.15) is 20.3 Å². The molecule has 1 aromatic rings. The number of sulfone groups is 1. The molecule has 9 heteroatoms. The molecule has 22 heavy (non-hydrogen) atoms. The fourth-order valence-corrected chi connectivity index (χ4v) is 5.52. The number of hydrazone groups is 1. The second kappa shape index (κ2) is 5.96. The summed E-state index contributed by atoms with van der Waals surface area (Å²) in [4.78, 5) is -0.122. The van der Waals surface area contributed by atoms with Crippen LogP contribution in [0.15, 0.2) is 34.3 Å². The third-order valence-electron chi connectivity index (χ3n) is 3.18. The molecule has 0 aromatic heterocycles. The van der Waals surface area contributed by atoms with E-state index in [-0.39, 0.29) is 22.8 Å². The van der Waals surface area contributed by atoms with E-state index in [9.17, 15) is 21.2 Å². The summed E-state index contributed by atoms with van der Waals surface area (Å²) in [7, 11) is -7.29. The lowest BCUT2D eigenvalue weighted by atomic mass is 10.3. The molecule has 0 bridgehead atoms. The van der Waals surface area contributed by atoms with Crippen molar-refractivity contribution >= 4 is 25.6 Å². The van der Waals surface area contributed by atoms with Gasteiger partial charge in [0.05, 0.1) is 22.4 Å². The highest BCUT2D eigenvalue weighted by Gasteiger charge is 2.38. The number of hydrogen-bond acceptors (Lipinski definition) is 5. The molecular formula is C13H17FN2O4S2. The van der Waals surface area contributed by atoms with Gasteiger partial charge in [-0.3, -0.25) is 0 Å². The van der Waals surface area contributed by atoms with E-state index in [2.05, 4.69) is 5.10 Å². The number of sulfonamides is 1. The van der Waals surface area contributed by atoms with Crippen LogP contribution in [0, 0.1) is 5.82 Å². The molecule has 1 atom stereocenters. The first-order valence-electron chi connectivity index (χ1n) is 6.64.